The van der Waals surface area contributed by atoms with Crippen LogP contribution in [-0.2, 0) is 4.79 Å². The molecule has 1 aliphatic rings. The minimum atomic E-state index is -0.0410. The lowest BCUT2D eigenvalue weighted by Gasteiger charge is -2.33. The van der Waals surface area contributed by atoms with Gasteiger partial charge in [-0.2, -0.15) is 0 Å². The zero-order valence-corrected chi connectivity index (χ0v) is 11.6. The minimum absolute atomic E-state index is 0.0410. The first kappa shape index (κ1) is 14.0. The highest BCUT2D eigenvalue weighted by atomic mass is 16.5. The van der Waals surface area contributed by atoms with Crippen LogP contribution in [0.4, 0.5) is 5.82 Å². The number of likely N-dealkylation sites (N-methyl/N-ethyl adjacent to an activating group) is 1. The van der Waals surface area contributed by atoms with Crippen molar-refractivity contribution in [2.24, 2.45) is 0 Å². The molecule has 1 aromatic rings. The first-order chi connectivity index (χ1) is 9.19. The van der Waals surface area contributed by atoms with Crippen molar-refractivity contribution in [2.45, 2.75) is 32.7 Å². The summed E-state index contributed by atoms with van der Waals surface area (Å²) < 4.78 is 4.92. The standard InChI is InChI=1S/C13H22N4O2/c1-3-17(11-5-4-6-14-8-11)9-13(18)15-12-7-10(2)19-16-12/h7,11,14H,3-6,8-9H2,1-2H3,(H,15,16,18). The van der Waals surface area contributed by atoms with Crippen LogP contribution >= 0.6 is 0 Å². The van der Waals surface area contributed by atoms with Crippen LogP contribution in [0, 0.1) is 6.92 Å². The lowest BCUT2D eigenvalue weighted by Crippen LogP contribution is -2.48. The van der Waals surface area contributed by atoms with E-state index in [2.05, 4.69) is 27.6 Å². The Labute approximate surface area is 113 Å². The molecule has 0 saturated carbocycles. The lowest BCUT2D eigenvalue weighted by atomic mass is 10.1. The monoisotopic (exact) mass is 266 g/mol. The molecule has 1 aliphatic heterocycles. The average molecular weight is 266 g/mol. The third-order valence-corrected chi connectivity index (χ3v) is 3.44. The number of aryl methyl sites for hydroxylation is 1. The fourth-order valence-corrected chi connectivity index (χ4v) is 2.44. The molecule has 1 unspecified atom stereocenters. The molecule has 2 heterocycles. The van der Waals surface area contributed by atoms with E-state index in [1.807, 2.05) is 0 Å². The number of hydrogen-bond donors (Lipinski definition) is 2. The molecule has 6 heteroatoms. The second kappa shape index (κ2) is 6.68. The maximum absolute atomic E-state index is 12.0. The molecule has 1 fully saturated rings. The molecular weight excluding hydrogens is 244 g/mol. The van der Waals surface area contributed by atoms with Gasteiger partial charge in [-0.05, 0) is 32.9 Å². The van der Waals surface area contributed by atoms with Crippen LogP contribution < -0.4 is 10.6 Å². The number of carbonyl (C=O) groups is 1. The molecule has 1 amide bonds. The first-order valence-corrected chi connectivity index (χ1v) is 6.87. The Morgan fingerprint density at radius 2 is 2.53 bits per heavy atom. The van der Waals surface area contributed by atoms with Gasteiger partial charge >= 0.3 is 0 Å². The molecule has 106 valence electrons. The van der Waals surface area contributed by atoms with E-state index in [9.17, 15) is 4.79 Å². The maximum atomic E-state index is 12.0. The maximum Gasteiger partial charge on any atom is 0.239 e. The zero-order chi connectivity index (χ0) is 13.7. The average Bonchev–Trinajstić information content (AvgIpc) is 2.82. The number of nitrogens with zero attached hydrogens (tertiary/aromatic N) is 2. The highest BCUT2D eigenvalue weighted by Crippen LogP contribution is 2.11. The minimum Gasteiger partial charge on any atom is -0.360 e. The van der Waals surface area contributed by atoms with E-state index in [1.54, 1.807) is 13.0 Å². The number of amides is 1. The Hall–Kier alpha value is -1.40. The SMILES string of the molecule is CCN(CC(=O)Nc1cc(C)on1)C1CCCNC1. The number of carbonyl (C=O) groups excluding carboxylic acids is 1. The predicted molar refractivity (Wildman–Crippen MR) is 73.0 cm³/mol. The lowest BCUT2D eigenvalue weighted by molar-refractivity contribution is -0.117. The summed E-state index contributed by atoms with van der Waals surface area (Å²) in [6, 6.07) is 2.17. The summed E-state index contributed by atoms with van der Waals surface area (Å²) in [5.41, 5.74) is 0. The second-order valence-corrected chi connectivity index (χ2v) is 4.93. The van der Waals surface area contributed by atoms with Crippen molar-refractivity contribution in [1.29, 1.82) is 0 Å². The summed E-state index contributed by atoms with van der Waals surface area (Å²) in [5, 5.41) is 9.90. The van der Waals surface area contributed by atoms with Gasteiger partial charge in [-0.1, -0.05) is 12.1 Å². The van der Waals surface area contributed by atoms with E-state index in [-0.39, 0.29) is 5.91 Å². The van der Waals surface area contributed by atoms with E-state index >= 15 is 0 Å². The van der Waals surface area contributed by atoms with E-state index in [1.165, 1.54) is 6.42 Å². The second-order valence-electron chi connectivity index (χ2n) is 4.93. The van der Waals surface area contributed by atoms with Gasteiger partial charge in [0, 0.05) is 18.7 Å². The number of hydrogen-bond acceptors (Lipinski definition) is 5. The summed E-state index contributed by atoms with van der Waals surface area (Å²) in [4.78, 5) is 14.2. The molecule has 2 rings (SSSR count). The van der Waals surface area contributed by atoms with Crippen LogP contribution in [0.3, 0.4) is 0 Å². The number of anilines is 1. The topological polar surface area (TPSA) is 70.4 Å². The number of nitrogens with one attached hydrogen (secondary N) is 2. The number of rotatable bonds is 5. The largest absolute Gasteiger partial charge is 0.360 e. The molecule has 19 heavy (non-hydrogen) atoms. The van der Waals surface area contributed by atoms with Crippen LogP contribution in [0.15, 0.2) is 10.6 Å². The molecule has 1 atom stereocenters. The van der Waals surface area contributed by atoms with Crippen molar-refractivity contribution < 1.29 is 9.32 Å². The highest BCUT2D eigenvalue weighted by Gasteiger charge is 2.21. The quantitative estimate of drug-likeness (QED) is 0.832. The summed E-state index contributed by atoms with van der Waals surface area (Å²) in [5.74, 6) is 1.14. The molecule has 0 bridgehead atoms. The molecule has 1 saturated heterocycles. The molecule has 1 aromatic heterocycles. The number of aromatic nitrogens is 1. The molecule has 0 aliphatic carbocycles. The fraction of sp³-hybridized carbons (Fsp3) is 0.692. The van der Waals surface area contributed by atoms with Gasteiger partial charge in [-0.25, -0.2) is 0 Å². The van der Waals surface area contributed by atoms with Crippen LogP contribution in [0.2, 0.25) is 0 Å². The van der Waals surface area contributed by atoms with Crippen molar-refractivity contribution in [3.63, 3.8) is 0 Å². The van der Waals surface area contributed by atoms with Gasteiger partial charge in [0.15, 0.2) is 5.82 Å². The Morgan fingerprint density at radius 3 is 3.11 bits per heavy atom. The predicted octanol–water partition coefficient (Wildman–Crippen LogP) is 0.995. The van der Waals surface area contributed by atoms with Crippen LogP contribution in [0.5, 0.6) is 0 Å². The van der Waals surface area contributed by atoms with E-state index in [0.29, 0.717) is 24.2 Å². The van der Waals surface area contributed by atoms with Crippen molar-refractivity contribution in [1.82, 2.24) is 15.4 Å². The van der Waals surface area contributed by atoms with E-state index in [0.717, 1.165) is 26.1 Å². The molecule has 0 aromatic carbocycles. The van der Waals surface area contributed by atoms with E-state index < -0.39 is 0 Å². The van der Waals surface area contributed by atoms with Crippen LogP contribution in [0.1, 0.15) is 25.5 Å². The third kappa shape index (κ3) is 4.04. The third-order valence-electron chi connectivity index (χ3n) is 3.44. The fourth-order valence-electron chi connectivity index (χ4n) is 2.44. The van der Waals surface area contributed by atoms with Gasteiger partial charge in [0.05, 0.1) is 6.54 Å². The van der Waals surface area contributed by atoms with Crippen LogP contribution in [0.25, 0.3) is 0 Å². The van der Waals surface area contributed by atoms with Crippen LogP contribution in [-0.4, -0.2) is 48.2 Å². The molecular formula is C13H22N4O2. The summed E-state index contributed by atoms with van der Waals surface area (Å²) in [7, 11) is 0. The van der Waals surface area contributed by atoms with Gasteiger partial charge in [0.25, 0.3) is 0 Å². The van der Waals surface area contributed by atoms with Gasteiger partial charge in [-0.15, -0.1) is 0 Å². The van der Waals surface area contributed by atoms with Gasteiger partial charge in [-0.3, -0.25) is 9.69 Å². The molecule has 0 radical (unpaired) electrons. The summed E-state index contributed by atoms with van der Waals surface area (Å²) in [6.45, 7) is 7.20. The molecule has 2 N–H and O–H groups in total. The zero-order valence-electron chi connectivity index (χ0n) is 11.6. The molecule has 0 spiro atoms. The Morgan fingerprint density at radius 1 is 1.68 bits per heavy atom. The Kier molecular flexibility index (Phi) is 4.93. The summed E-state index contributed by atoms with van der Waals surface area (Å²) >= 11 is 0. The Bertz CT molecular complexity index is 413. The molecule has 6 nitrogen and oxygen atoms in total. The summed E-state index contributed by atoms with van der Waals surface area (Å²) in [6.07, 6.45) is 2.32. The van der Waals surface area contributed by atoms with Gasteiger partial charge < -0.3 is 15.2 Å². The van der Waals surface area contributed by atoms with Crippen molar-refractivity contribution in [3.05, 3.63) is 11.8 Å². The van der Waals surface area contributed by atoms with Crippen molar-refractivity contribution in [2.75, 3.05) is 31.5 Å². The Balaban J connectivity index is 1.85. The van der Waals surface area contributed by atoms with Crippen molar-refractivity contribution in [3.8, 4) is 0 Å². The first-order valence-electron chi connectivity index (χ1n) is 6.87. The number of piperidine rings is 1. The smallest absolute Gasteiger partial charge is 0.239 e. The highest BCUT2D eigenvalue weighted by molar-refractivity contribution is 5.91. The van der Waals surface area contributed by atoms with Gasteiger partial charge in [0.1, 0.15) is 5.76 Å². The van der Waals surface area contributed by atoms with Gasteiger partial charge in [0.2, 0.25) is 5.91 Å². The van der Waals surface area contributed by atoms with E-state index in [4.69, 9.17) is 4.52 Å². The normalized spacial score (nSPS) is 19.6. The van der Waals surface area contributed by atoms with Crippen molar-refractivity contribution >= 4 is 11.7 Å².